The van der Waals surface area contributed by atoms with Crippen molar-refractivity contribution < 1.29 is 19.4 Å². The minimum absolute atomic E-state index is 0.0643. The highest BCUT2D eigenvalue weighted by Gasteiger charge is 2.31. The van der Waals surface area contributed by atoms with Crippen molar-refractivity contribution >= 4 is 16.2 Å². The molecule has 0 saturated carbocycles. The topological polar surface area (TPSA) is 55.8 Å². The Bertz CT molecular complexity index is 259. The number of aliphatic hydroxyl groups is 1. The summed E-state index contributed by atoms with van der Waals surface area (Å²) in [5, 5.41) is 8.66. The van der Waals surface area contributed by atoms with Gasteiger partial charge in [-0.05, 0) is 25.7 Å². The number of carbonyl (C=O) groups is 1. The average Bonchev–Trinajstić information content (AvgIpc) is 2.26. The summed E-state index contributed by atoms with van der Waals surface area (Å²) in [6.45, 7) is 4.39. The lowest BCUT2D eigenvalue weighted by atomic mass is 10.1. The third-order valence-corrected chi connectivity index (χ3v) is 3.66. The smallest absolute Gasteiger partial charge is 0.335 e. The minimum atomic E-state index is -0.655. The van der Waals surface area contributed by atoms with E-state index in [0.717, 1.165) is 19.3 Å². The Labute approximate surface area is 99.0 Å². The van der Waals surface area contributed by atoms with Gasteiger partial charge < -0.3 is 14.6 Å². The van der Waals surface area contributed by atoms with Crippen LogP contribution in [0.4, 0.5) is 0 Å². The van der Waals surface area contributed by atoms with Crippen LogP contribution in [0.1, 0.15) is 32.1 Å². The maximum atomic E-state index is 11.7. The van der Waals surface area contributed by atoms with Gasteiger partial charge in [-0.2, -0.15) is 0 Å². The number of ether oxygens (including phenoxy) is 2. The van der Waals surface area contributed by atoms with Gasteiger partial charge in [-0.3, -0.25) is 0 Å². The van der Waals surface area contributed by atoms with Gasteiger partial charge in [0.2, 0.25) is 0 Å². The molecule has 0 aromatic heterocycles. The van der Waals surface area contributed by atoms with Gasteiger partial charge in [0.1, 0.15) is 0 Å². The molecule has 16 heavy (non-hydrogen) atoms. The quantitative estimate of drug-likeness (QED) is 0.423. The number of hydrogen-bond donors (Lipinski definition) is 1. The molecule has 1 heterocycles. The van der Waals surface area contributed by atoms with E-state index in [-0.39, 0.29) is 12.6 Å². The summed E-state index contributed by atoms with van der Waals surface area (Å²) in [4.78, 5) is 11.7. The van der Waals surface area contributed by atoms with Crippen LogP contribution < -0.4 is 0 Å². The van der Waals surface area contributed by atoms with Gasteiger partial charge in [-0.15, -0.1) is 0 Å². The van der Waals surface area contributed by atoms with Gasteiger partial charge >= 0.3 is 5.97 Å². The fraction of sp³-hybridized carbons (Fsp3) is 0.727. The van der Waals surface area contributed by atoms with E-state index in [9.17, 15) is 4.79 Å². The predicted octanol–water partition coefficient (Wildman–Crippen LogP) is 0.0780. The Morgan fingerprint density at radius 3 is 2.88 bits per heavy atom. The third kappa shape index (κ3) is 4.07. The second-order valence-corrected chi connectivity index (χ2v) is 5.78. The van der Waals surface area contributed by atoms with E-state index in [2.05, 4.69) is 6.58 Å². The Balaban J connectivity index is 2.40. The molecule has 0 aromatic rings. The summed E-state index contributed by atoms with van der Waals surface area (Å²) in [7, 11) is 0.673. The fourth-order valence-corrected chi connectivity index (χ4v) is 2.39. The van der Waals surface area contributed by atoms with Gasteiger partial charge in [0.15, 0.2) is 5.41 Å². The first-order chi connectivity index (χ1) is 7.57. The van der Waals surface area contributed by atoms with Crippen LogP contribution in [0, 0.1) is 0 Å². The van der Waals surface area contributed by atoms with Gasteiger partial charge in [-0.1, -0.05) is 6.58 Å². The number of carbonyl (C=O) groups excluding carboxylic acids is 1. The molecule has 1 aliphatic rings. The molecule has 0 spiro atoms. The highest BCUT2D eigenvalue weighted by atomic mass is 28.1. The number of rotatable bonds is 5. The number of esters is 1. The minimum Gasteiger partial charge on any atom is -0.435 e. The SMILES string of the molecule is C=C(CCCO)C(=O)OC1([SiH3])CCCCO1. The van der Waals surface area contributed by atoms with E-state index in [1.165, 1.54) is 0 Å². The lowest BCUT2D eigenvalue weighted by Crippen LogP contribution is -2.41. The molecule has 1 rings (SSSR count). The van der Waals surface area contributed by atoms with Crippen molar-refractivity contribution in [1.29, 1.82) is 0 Å². The van der Waals surface area contributed by atoms with E-state index >= 15 is 0 Å². The van der Waals surface area contributed by atoms with Crippen LogP contribution in [0.25, 0.3) is 0 Å². The summed E-state index contributed by atoms with van der Waals surface area (Å²) < 4.78 is 10.9. The second kappa shape index (κ2) is 6.17. The molecule has 4 nitrogen and oxygen atoms in total. The molecular formula is C11H20O4Si. The molecule has 1 unspecified atom stereocenters. The summed E-state index contributed by atoms with van der Waals surface area (Å²) in [6.07, 6.45) is 3.89. The molecular weight excluding hydrogens is 224 g/mol. The zero-order chi connectivity index (χ0) is 12.0. The van der Waals surface area contributed by atoms with Crippen molar-refractivity contribution in [3.05, 3.63) is 12.2 Å². The Morgan fingerprint density at radius 1 is 1.56 bits per heavy atom. The Hall–Kier alpha value is -0.653. The molecule has 1 atom stereocenters. The molecule has 0 radical (unpaired) electrons. The van der Waals surface area contributed by atoms with E-state index in [1.54, 1.807) is 0 Å². The summed E-state index contributed by atoms with van der Waals surface area (Å²) in [6, 6.07) is 0. The van der Waals surface area contributed by atoms with Crippen molar-refractivity contribution in [2.24, 2.45) is 0 Å². The maximum absolute atomic E-state index is 11.7. The Morgan fingerprint density at radius 2 is 2.31 bits per heavy atom. The highest BCUT2D eigenvalue weighted by Crippen LogP contribution is 2.24. The summed E-state index contributed by atoms with van der Waals surface area (Å²) >= 11 is 0. The summed E-state index contributed by atoms with van der Waals surface area (Å²) in [5.41, 5.74) is -0.240. The van der Waals surface area contributed by atoms with Crippen LogP contribution in [-0.2, 0) is 14.3 Å². The predicted molar refractivity (Wildman–Crippen MR) is 64.0 cm³/mol. The van der Waals surface area contributed by atoms with Crippen LogP contribution in [0.2, 0.25) is 0 Å². The lowest BCUT2D eigenvalue weighted by Gasteiger charge is -2.33. The molecule has 1 N–H and O–H groups in total. The van der Waals surface area contributed by atoms with Crippen LogP contribution >= 0.6 is 0 Å². The molecule has 92 valence electrons. The molecule has 1 saturated heterocycles. The van der Waals surface area contributed by atoms with Crippen molar-refractivity contribution in [2.45, 2.75) is 37.5 Å². The van der Waals surface area contributed by atoms with Crippen molar-refractivity contribution in [3.63, 3.8) is 0 Å². The lowest BCUT2D eigenvalue weighted by molar-refractivity contribution is -0.202. The van der Waals surface area contributed by atoms with Gasteiger partial charge in [-0.25, -0.2) is 4.79 Å². The second-order valence-electron chi connectivity index (χ2n) is 4.26. The highest BCUT2D eigenvalue weighted by molar-refractivity contribution is 6.14. The number of aliphatic hydroxyl groups excluding tert-OH is 1. The monoisotopic (exact) mass is 244 g/mol. The van der Waals surface area contributed by atoms with Crippen LogP contribution in [-0.4, -0.2) is 39.9 Å². The molecule has 0 bridgehead atoms. The van der Waals surface area contributed by atoms with E-state index in [4.69, 9.17) is 14.6 Å². The average molecular weight is 244 g/mol. The van der Waals surface area contributed by atoms with Crippen molar-refractivity contribution in [1.82, 2.24) is 0 Å². The zero-order valence-electron chi connectivity index (χ0n) is 9.83. The largest absolute Gasteiger partial charge is 0.435 e. The van der Waals surface area contributed by atoms with E-state index in [1.807, 2.05) is 0 Å². The first kappa shape index (κ1) is 13.4. The first-order valence-electron chi connectivity index (χ1n) is 5.73. The standard InChI is InChI=1S/C11H20O4Si/c1-9(5-4-7-12)10(13)15-11(16)6-2-3-8-14-11/h12H,1-8H2,16H3. The van der Waals surface area contributed by atoms with Gasteiger partial charge in [0, 0.05) is 18.6 Å². The maximum Gasteiger partial charge on any atom is 0.335 e. The van der Waals surface area contributed by atoms with Crippen LogP contribution in [0.15, 0.2) is 12.2 Å². The number of hydrogen-bond acceptors (Lipinski definition) is 4. The summed E-state index contributed by atoms with van der Waals surface area (Å²) in [5.74, 6) is -0.384. The molecule has 0 aliphatic carbocycles. The van der Waals surface area contributed by atoms with E-state index < -0.39 is 5.41 Å². The van der Waals surface area contributed by atoms with Crippen LogP contribution in [0.3, 0.4) is 0 Å². The van der Waals surface area contributed by atoms with Crippen LogP contribution in [0.5, 0.6) is 0 Å². The molecule has 0 aromatic carbocycles. The third-order valence-electron chi connectivity index (χ3n) is 2.67. The molecule has 5 heteroatoms. The van der Waals surface area contributed by atoms with Crippen molar-refractivity contribution in [3.8, 4) is 0 Å². The molecule has 0 amide bonds. The van der Waals surface area contributed by atoms with Crippen molar-refractivity contribution in [2.75, 3.05) is 13.2 Å². The van der Waals surface area contributed by atoms with Gasteiger partial charge in [0.05, 0.1) is 16.8 Å². The normalized spacial score (nSPS) is 25.3. The fourth-order valence-electron chi connectivity index (χ4n) is 1.65. The van der Waals surface area contributed by atoms with E-state index in [0.29, 0.717) is 35.3 Å². The van der Waals surface area contributed by atoms with Gasteiger partial charge in [0.25, 0.3) is 0 Å². The zero-order valence-corrected chi connectivity index (χ0v) is 11.8. The molecule has 1 fully saturated rings. The molecule has 1 aliphatic heterocycles. The Kier molecular flexibility index (Phi) is 5.17. The first-order valence-corrected chi connectivity index (χ1v) is 6.73.